The predicted molar refractivity (Wildman–Crippen MR) is 92.4 cm³/mol. The molecule has 1 aromatic rings. The van der Waals surface area contributed by atoms with Crippen LogP contribution in [0, 0.1) is 0 Å². The third-order valence-corrected chi connectivity index (χ3v) is 4.66. The van der Waals surface area contributed by atoms with E-state index in [1.54, 1.807) is 4.90 Å². The SMILES string of the molecule is O=C1CC[C@H](C(=O)OCC(=O)N2CCN(c3cccc(Cl)c3)CC2)N1. The van der Waals surface area contributed by atoms with E-state index in [0.717, 1.165) is 5.69 Å². The van der Waals surface area contributed by atoms with Gasteiger partial charge in [-0.25, -0.2) is 4.79 Å². The van der Waals surface area contributed by atoms with Crippen molar-refractivity contribution in [2.45, 2.75) is 18.9 Å². The second kappa shape index (κ2) is 7.74. The molecule has 1 N–H and O–H groups in total. The molecule has 2 amide bonds. The Kier molecular flexibility index (Phi) is 5.43. The van der Waals surface area contributed by atoms with Gasteiger partial charge in [-0.15, -0.1) is 0 Å². The number of nitrogens with zero attached hydrogens (tertiary/aromatic N) is 2. The van der Waals surface area contributed by atoms with E-state index in [1.807, 2.05) is 24.3 Å². The van der Waals surface area contributed by atoms with Crippen molar-refractivity contribution in [2.24, 2.45) is 0 Å². The number of rotatable bonds is 4. The number of nitrogens with one attached hydrogen (secondary N) is 1. The topological polar surface area (TPSA) is 79.0 Å². The van der Waals surface area contributed by atoms with E-state index in [4.69, 9.17) is 16.3 Å². The Morgan fingerprint density at radius 2 is 2.00 bits per heavy atom. The van der Waals surface area contributed by atoms with Crippen molar-refractivity contribution >= 4 is 35.1 Å². The number of esters is 1. The zero-order chi connectivity index (χ0) is 17.8. The summed E-state index contributed by atoms with van der Waals surface area (Å²) in [6.45, 7) is 2.21. The molecular formula is C17H20ClN3O4. The van der Waals surface area contributed by atoms with E-state index in [-0.39, 0.29) is 18.4 Å². The van der Waals surface area contributed by atoms with Crippen LogP contribution in [-0.2, 0) is 19.1 Å². The first-order chi connectivity index (χ1) is 12.0. The lowest BCUT2D eigenvalue weighted by Crippen LogP contribution is -2.50. The zero-order valence-corrected chi connectivity index (χ0v) is 14.5. The average Bonchev–Trinajstić information content (AvgIpc) is 3.06. The van der Waals surface area contributed by atoms with Crippen molar-refractivity contribution in [1.82, 2.24) is 10.2 Å². The van der Waals surface area contributed by atoms with Crippen LogP contribution in [-0.4, -0.2) is 61.5 Å². The molecule has 2 heterocycles. The van der Waals surface area contributed by atoms with Crippen molar-refractivity contribution in [3.05, 3.63) is 29.3 Å². The summed E-state index contributed by atoms with van der Waals surface area (Å²) in [6.07, 6.45) is 0.739. The number of piperazine rings is 1. The van der Waals surface area contributed by atoms with Crippen LogP contribution in [0.15, 0.2) is 24.3 Å². The molecule has 8 heteroatoms. The largest absolute Gasteiger partial charge is 0.454 e. The first-order valence-corrected chi connectivity index (χ1v) is 8.65. The molecule has 134 valence electrons. The number of hydrogen-bond acceptors (Lipinski definition) is 5. The summed E-state index contributed by atoms with van der Waals surface area (Å²) in [4.78, 5) is 39.0. The highest BCUT2D eigenvalue weighted by Crippen LogP contribution is 2.20. The van der Waals surface area contributed by atoms with E-state index < -0.39 is 12.0 Å². The minimum atomic E-state index is -0.625. The van der Waals surface area contributed by atoms with E-state index in [1.165, 1.54) is 0 Å². The lowest BCUT2D eigenvalue weighted by molar-refractivity contribution is -0.153. The minimum absolute atomic E-state index is 0.162. The van der Waals surface area contributed by atoms with Crippen LogP contribution in [0.25, 0.3) is 0 Å². The Bertz CT molecular complexity index is 674. The highest BCUT2D eigenvalue weighted by molar-refractivity contribution is 6.30. The Hall–Kier alpha value is -2.28. The molecule has 2 fully saturated rings. The van der Waals surface area contributed by atoms with Crippen molar-refractivity contribution in [3.8, 4) is 0 Å². The molecule has 2 aliphatic heterocycles. The summed E-state index contributed by atoms with van der Waals surface area (Å²) in [5.74, 6) is -0.925. The Balaban J connectivity index is 1.44. The number of carbonyl (C=O) groups excluding carboxylic acids is 3. The van der Waals surface area contributed by atoms with Gasteiger partial charge < -0.3 is 19.9 Å². The highest BCUT2D eigenvalue weighted by atomic mass is 35.5. The molecule has 0 spiro atoms. The summed E-state index contributed by atoms with van der Waals surface area (Å²) in [5, 5.41) is 3.21. The summed E-state index contributed by atoms with van der Waals surface area (Å²) < 4.78 is 5.04. The van der Waals surface area contributed by atoms with Crippen molar-refractivity contribution in [3.63, 3.8) is 0 Å². The standard InChI is InChI=1S/C17H20ClN3O4/c18-12-2-1-3-13(10-12)20-6-8-21(9-7-20)16(23)11-25-17(24)14-4-5-15(22)19-14/h1-3,10,14H,4-9,11H2,(H,19,22)/t14-/m1/s1. The van der Waals surface area contributed by atoms with E-state index in [9.17, 15) is 14.4 Å². The first-order valence-electron chi connectivity index (χ1n) is 8.27. The summed E-state index contributed by atoms with van der Waals surface area (Å²) in [7, 11) is 0. The molecule has 0 saturated carbocycles. The van der Waals surface area contributed by atoms with Crippen LogP contribution < -0.4 is 10.2 Å². The highest BCUT2D eigenvalue weighted by Gasteiger charge is 2.29. The van der Waals surface area contributed by atoms with Crippen molar-refractivity contribution in [2.75, 3.05) is 37.7 Å². The molecule has 0 bridgehead atoms. The molecule has 0 aromatic heterocycles. The van der Waals surface area contributed by atoms with Gasteiger partial charge in [-0.2, -0.15) is 0 Å². The van der Waals surface area contributed by atoms with Gasteiger partial charge in [-0.1, -0.05) is 17.7 Å². The van der Waals surface area contributed by atoms with Gasteiger partial charge >= 0.3 is 5.97 Å². The van der Waals surface area contributed by atoms with Crippen LogP contribution in [0.2, 0.25) is 5.02 Å². The van der Waals surface area contributed by atoms with Gasteiger partial charge in [0.1, 0.15) is 6.04 Å². The molecule has 0 unspecified atom stereocenters. The van der Waals surface area contributed by atoms with Gasteiger partial charge in [-0.3, -0.25) is 9.59 Å². The molecule has 7 nitrogen and oxygen atoms in total. The maximum atomic E-state index is 12.2. The van der Waals surface area contributed by atoms with Crippen LogP contribution in [0.4, 0.5) is 5.69 Å². The second-order valence-corrected chi connectivity index (χ2v) is 6.55. The molecule has 1 atom stereocenters. The van der Waals surface area contributed by atoms with Crippen molar-refractivity contribution in [1.29, 1.82) is 0 Å². The van der Waals surface area contributed by atoms with Gasteiger partial charge in [0.15, 0.2) is 6.61 Å². The van der Waals surface area contributed by atoms with E-state index in [2.05, 4.69) is 10.2 Å². The molecule has 0 radical (unpaired) electrons. The second-order valence-electron chi connectivity index (χ2n) is 6.11. The van der Waals surface area contributed by atoms with Gasteiger partial charge in [0.25, 0.3) is 5.91 Å². The third kappa shape index (κ3) is 4.42. The van der Waals surface area contributed by atoms with Crippen LogP contribution >= 0.6 is 11.6 Å². The van der Waals surface area contributed by atoms with Gasteiger partial charge in [0, 0.05) is 43.3 Å². The summed E-state index contributed by atoms with van der Waals surface area (Å²) in [6, 6.07) is 6.99. The number of benzene rings is 1. The minimum Gasteiger partial charge on any atom is -0.454 e. The number of hydrogen-bond donors (Lipinski definition) is 1. The predicted octanol–water partition coefficient (Wildman–Crippen LogP) is 0.810. The fourth-order valence-electron chi connectivity index (χ4n) is 3.00. The number of anilines is 1. The number of halogens is 1. The fourth-order valence-corrected chi connectivity index (χ4v) is 3.19. The Morgan fingerprint density at radius 3 is 2.64 bits per heavy atom. The van der Waals surface area contributed by atoms with Crippen LogP contribution in [0.5, 0.6) is 0 Å². The molecule has 2 aliphatic rings. The molecule has 3 rings (SSSR count). The molecule has 1 aromatic carbocycles. The average molecular weight is 366 g/mol. The first kappa shape index (κ1) is 17.5. The maximum Gasteiger partial charge on any atom is 0.329 e. The Morgan fingerprint density at radius 1 is 1.24 bits per heavy atom. The normalized spacial score (nSPS) is 20.4. The molecule has 25 heavy (non-hydrogen) atoms. The Labute approximate surface area is 150 Å². The molecule has 0 aliphatic carbocycles. The fraction of sp³-hybridized carbons (Fsp3) is 0.471. The smallest absolute Gasteiger partial charge is 0.329 e. The van der Waals surface area contributed by atoms with E-state index in [0.29, 0.717) is 44.0 Å². The lowest BCUT2D eigenvalue weighted by Gasteiger charge is -2.36. The van der Waals surface area contributed by atoms with Crippen LogP contribution in [0.3, 0.4) is 0 Å². The molecule has 2 saturated heterocycles. The van der Waals surface area contributed by atoms with Gasteiger partial charge in [-0.05, 0) is 24.6 Å². The third-order valence-electron chi connectivity index (χ3n) is 4.42. The monoisotopic (exact) mass is 365 g/mol. The quantitative estimate of drug-likeness (QED) is 0.799. The van der Waals surface area contributed by atoms with Gasteiger partial charge in [0.2, 0.25) is 5.91 Å². The number of carbonyl (C=O) groups is 3. The van der Waals surface area contributed by atoms with Crippen LogP contribution in [0.1, 0.15) is 12.8 Å². The van der Waals surface area contributed by atoms with Crippen molar-refractivity contribution < 1.29 is 19.1 Å². The number of amides is 2. The van der Waals surface area contributed by atoms with E-state index >= 15 is 0 Å². The summed E-state index contributed by atoms with van der Waals surface area (Å²) in [5.41, 5.74) is 1.03. The molecular weight excluding hydrogens is 346 g/mol. The number of ether oxygens (including phenoxy) is 1. The maximum absolute atomic E-state index is 12.2. The van der Waals surface area contributed by atoms with Gasteiger partial charge in [0.05, 0.1) is 0 Å². The summed E-state index contributed by atoms with van der Waals surface area (Å²) >= 11 is 6.01. The zero-order valence-electron chi connectivity index (χ0n) is 13.7. The lowest BCUT2D eigenvalue weighted by atomic mass is 10.2.